The van der Waals surface area contributed by atoms with Crippen LogP contribution in [-0.2, 0) is 4.79 Å². The van der Waals surface area contributed by atoms with E-state index in [-0.39, 0.29) is 18.0 Å². The fourth-order valence-corrected chi connectivity index (χ4v) is 2.68. The molecular formula is C18H17ClF2N2O4. The van der Waals surface area contributed by atoms with Gasteiger partial charge in [-0.25, -0.2) is 0 Å². The summed E-state index contributed by atoms with van der Waals surface area (Å²) < 4.78 is 40.4. The molecule has 1 aliphatic heterocycles. The normalized spacial score (nSPS) is 13.0. The SMILES string of the molecule is O=C(CNc1cc2c(cc1Cl)OCCCO2)Nc1ccccc1OC(F)F. The molecule has 0 bridgehead atoms. The maximum atomic E-state index is 12.4. The summed E-state index contributed by atoms with van der Waals surface area (Å²) in [4.78, 5) is 12.2. The molecule has 0 atom stereocenters. The van der Waals surface area contributed by atoms with Crippen LogP contribution in [0.2, 0.25) is 5.02 Å². The number of hydrogen-bond acceptors (Lipinski definition) is 5. The summed E-state index contributed by atoms with van der Waals surface area (Å²) in [5.74, 6) is 0.513. The van der Waals surface area contributed by atoms with E-state index >= 15 is 0 Å². The van der Waals surface area contributed by atoms with E-state index in [1.807, 2.05) is 0 Å². The van der Waals surface area contributed by atoms with Gasteiger partial charge < -0.3 is 24.8 Å². The molecule has 3 rings (SSSR count). The topological polar surface area (TPSA) is 68.8 Å². The van der Waals surface area contributed by atoms with Gasteiger partial charge in [-0.1, -0.05) is 23.7 Å². The highest BCUT2D eigenvalue weighted by atomic mass is 35.5. The van der Waals surface area contributed by atoms with Crippen molar-refractivity contribution in [2.24, 2.45) is 0 Å². The summed E-state index contributed by atoms with van der Waals surface area (Å²) in [6.45, 7) is -2.06. The number of ether oxygens (including phenoxy) is 3. The van der Waals surface area contributed by atoms with Crippen LogP contribution in [0.25, 0.3) is 0 Å². The number of fused-ring (bicyclic) bond motifs is 1. The number of hydrogen-bond donors (Lipinski definition) is 2. The molecule has 0 saturated heterocycles. The standard InChI is InChI=1S/C18H17ClF2N2O4/c19-11-8-15-16(26-7-3-6-25-15)9-13(11)22-10-17(24)23-12-4-1-2-5-14(12)27-18(20)21/h1-2,4-5,8-9,18,22H,3,6-7,10H2,(H,23,24). The Morgan fingerprint density at radius 2 is 1.85 bits per heavy atom. The molecule has 1 amide bonds. The monoisotopic (exact) mass is 398 g/mol. The Hall–Kier alpha value is -2.74. The van der Waals surface area contributed by atoms with E-state index in [1.165, 1.54) is 18.2 Å². The average molecular weight is 399 g/mol. The molecule has 0 aromatic heterocycles. The van der Waals surface area contributed by atoms with Crippen molar-refractivity contribution >= 4 is 28.9 Å². The third-order valence-electron chi connectivity index (χ3n) is 3.65. The number of anilines is 2. The summed E-state index contributed by atoms with van der Waals surface area (Å²) in [5, 5.41) is 5.78. The number of halogens is 3. The highest BCUT2D eigenvalue weighted by molar-refractivity contribution is 6.33. The number of benzene rings is 2. The summed E-state index contributed by atoms with van der Waals surface area (Å²) in [5.41, 5.74) is 0.641. The Labute approximate surface area is 159 Å². The van der Waals surface area contributed by atoms with Gasteiger partial charge in [0.1, 0.15) is 5.75 Å². The number of alkyl halides is 2. The van der Waals surface area contributed by atoms with Crippen molar-refractivity contribution < 1.29 is 27.8 Å². The van der Waals surface area contributed by atoms with Gasteiger partial charge in [0.15, 0.2) is 11.5 Å². The van der Waals surface area contributed by atoms with E-state index in [2.05, 4.69) is 15.4 Å². The number of amides is 1. The van der Waals surface area contributed by atoms with Gasteiger partial charge in [-0.15, -0.1) is 0 Å². The lowest BCUT2D eigenvalue weighted by atomic mass is 10.2. The van der Waals surface area contributed by atoms with E-state index in [1.54, 1.807) is 18.2 Å². The van der Waals surface area contributed by atoms with Crippen molar-refractivity contribution in [1.82, 2.24) is 0 Å². The molecule has 0 fully saturated rings. The first-order chi connectivity index (χ1) is 13.0. The first-order valence-electron chi connectivity index (χ1n) is 8.19. The Balaban J connectivity index is 1.64. The smallest absolute Gasteiger partial charge is 0.387 e. The molecule has 0 aliphatic carbocycles. The van der Waals surface area contributed by atoms with Gasteiger partial charge in [0.05, 0.1) is 36.2 Å². The first kappa shape index (κ1) is 19.0. The van der Waals surface area contributed by atoms with Crippen molar-refractivity contribution in [3.63, 3.8) is 0 Å². The molecule has 0 spiro atoms. The third-order valence-corrected chi connectivity index (χ3v) is 3.97. The second-order valence-corrected chi connectivity index (χ2v) is 6.01. The second kappa shape index (κ2) is 8.77. The van der Waals surface area contributed by atoms with Crippen LogP contribution in [0, 0.1) is 0 Å². The van der Waals surface area contributed by atoms with Gasteiger partial charge in [-0.05, 0) is 12.1 Å². The van der Waals surface area contributed by atoms with E-state index in [0.717, 1.165) is 6.42 Å². The maximum Gasteiger partial charge on any atom is 0.387 e. The van der Waals surface area contributed by atoms with Crippen molar-refractivity contribution in [1.29, 1.82) is 0 Å². The Morgan fingerprint density at radius 1 is 1.15 bits per heavy atom. The highest BCUT2D eigenvalue weighted by Crippen LogP contribution is 2.37. The molecule has 0 unspecified atom stereocenters. The molecule has 9 heteroatoms. The lowest BCUT2D eigenvalue weighted by Crippen LogP contribution is -2.22. The fraction of sp³-hybridized carbons (Fsp3) is 0.278. The highest BCUT2D eigenvalue weighted by Gasteiger charge is 2.15. The molecule has 2 aromatic rings. The van der Waals surface area contributed by atoms with Crippen LogP contribution in [0.4, 0.5) is 20.2 Å². The van der Waals surface area contributed by atoms with E-state index < -0.39 is 12.5 Å². The minimum absolute atomic E-state index is 0.116. The zero-order valence-electron chi connectivity index (χ0n) is 14.1. The quantitative estimate of drug-likeness (QED) is 0.765. The van der Waals surface area contributed by atoms with Crippen LogP contribution in [-0.4, -0.2) is 32.3 Å². The lowest BCUT2D eigenvalue weighted by Gasteiger charge is -2.14. The van der Waals surface area contributed by atoms with Crippen LogP contribution in [0.1, 0.15) is 6.42 Å². The second-order valence-electron chi connectivity index (χ2n) is 5.61. The molecule has 2 aromatic carbocycles. The minimum Gasteiger partial charge on any atom is -0.490 e. The zero-order chi connectivity index (χ0) is 19.2. The predicted molar refractivity (Wildman–Crippen MR) is 97.3 cm³/mol. The largest absolute Gasteiger partial charge is 0.490 e. The van der Waals surface area contributed by atoms with E-state index in [4.69, 9.17) is 21.1 Å². The van der Waals surface area contributed by atoms with Gasteiger partial charge in [0.25, 0.3) is 0 Å². The molecular weight excluding hydrogens is 382 g/mol. The lowest BCUT2D eigenvalue weighted by molar-refractivity contribution is -0.114. The summed E-state index contributed by atoms with van der Waals surface area (Å²) in [7, 11) is 0. The maximum absolute atomic E-state index is 12.4. The van der Waals surface area contributed by atoms with Gasteiger partial charge >= 0.3 is 6.61 Å². The molecule has 1 heterocycles. The van der Waals surface area contributed by atoms with Crippen LogP contribution in [0.15, 0.2) is 36.4 Å². The first-order valence-corrected chi connectivity index (χ1v) is 8.57. The van der Waals surface area contributed by atoms with Crippen molar-refractivity contribution in [2.75, 3.05) is 30.4 Å². The van der Waals surface area contributed by atoms with Crippen LogP contribution in [0.3, 0.4) is 0 Å². The number of nitrogens with one attached hydrogen (secondary N) is 2. The Morgan fingerprint density at radius 3 is 2.59 bits per heavy atom. The molecule has 144 valence electrons. The average Bonchev–Trinajstić information content (AvgIpc) is 2.86. The Kier molecular flexibility index (Phi) is 6.18. The number of para-hydroxylation sites is 2. The number of carbonyl (C=O) groups excluding carboxylic acids is 1. The molecule has 0 saturated carbocycles. The summed E-state index contributed by atoms with van der Waals surface area (Å²) in [6.07, 6.45) is 0.761. The molecule has 6 nitrogen and oxygen atoms in total. The van der Waals surface area contributed by atoms with Crippen molar-refractivity contribution in [2.45, 2.75) is 13.0 Å². The van der Waals surface area contributed by atoms with Crippen LogP contribution >= 0.6 is 11.6 Å². The third kappa shape index (κ3) is 5.13. The predicted octanol–water partition coefficient (Wildman–Crippen LogP) is 4.15. The zero-order valence-corrected chi connectivity index (χ0v) is 14.9. The van der Waals surface area contributed by atoms with Crippen molar-refractivity contribution in [3.05, 3.63) is 41.4 Å². The van der Waals surface area contributed by atoms with Crippen molar-refractivity contribution in [3.8, 4) is 17.2 Å². The molecule has 2 N–H and O–H groups in total. The van der Waals surface area contributed by atoms with E-state index in [0.29, 0.717) is 35.4 Å². The van der Waals surface area contributed by atoms with Gasteiger partial charge in [0, 0.05) is 18.6 Å². The molecule has 27 heavy (non-hydrogen) atoms. The van der Waals surface area contributed by atoms with Gasteiger partial charge in [0.2, 0.25) is 5.91 Å². The minimum atomic E-state index is -2.98. The fourth-order valence-electron chi connectivity index (χ4n) is 2.46. The Bertz CT molecular complexity index is 820. The summed E-state index contributed by atoms with van der Waals surface area (Å²) in [6, 6.07) is 9.22. The van der Waals surface area contributed by atoms with E-state index in [9.17, 15) is 13.6 Å². The molecule has 0 radical (unpaired) electrons. The van der Waals surface area contributed by atoms with Crippen LogP contribution in [0.5, 0.6) is 17.2 Å². The molecule has 1 aliphatic rings. The number of rotatable bonds is 6. The van der Waals surface area contributed by atoms with Crippen LogP contribution < -0.4 is 24.8 Å². The van der Waals surface area contributed by atoms with Gasteiger partial charge in [-0.2, -0.15) is 8.78 Å². The number of carbonyl (C=O) groups is 1. The summed E-state index contributed by atoms with van der Waals surface area (Å²) >= 11 is 6.21. The van der Waals surface area contributed by atoms with Gasteiger partial charge in [-0.3, -0.25) is 4.79 Å².